The van der Waals surface area contributed by atoms with E-state index in [-0.39, 0.29) is 0 Å². The first kappa shape index (κ1) is 13.0. The Labute approximate surface area is 101 Å². The predicted octanol–water partition coefficient (Wildman–Crippen LogP) is 3.09. The van der Waals surface area contributed by atoms with Crippen molar-refractivity contribution in [3.05, 3.63) is 53.8 Å². The molecule has 0 atom stereocenters. The van der Waals surface area contributed by atoms with Crippen molar-refractivity contribution >= 4 is 11.5 Å². The van der Waals surface area contributed by atoms with Crippen molar-refractivity contribution in [1.82, 2.24) is 0 Å². The van der Waals surface area contributed by atoms with Gasteiger partial charge in [0, 0.05) is 0 Å². The molecular weight excluding hydrogens is 216 g/mol. The summed E-state index contributed by atoms with van der Waals surface area (Å²) in [6, 6.07) is 9.75. The quantitative estimate of drug-likeness (QED) is 0.482. The van der Waals surface area contributed by atoms with Crippen molar-refractivity contribution in [2.45, 2.75) is 13.8 Å². The number of allylic oxidation sites excluding steroid dienone is 2. The molecule has 0 radical (unpaired) electrons. The molecule has 0 aliphatic heterocycles. The number of aliphatic carboxylic acids is 1. The highest BCUT2D eigenvalue weighted by Crippen LogP contribution is 2.16. The lowest BCUT2D eigenvalue weighted by molar-refractivity contribution is -0.131. The third-order valence-corrected chi connectivity index (χ3v) is 2.16. The van der Waals surface area contributed by atoms with Crippen molar-refractivity contribution in [2.75, 3.05) is 6.61 Å². The molecule has 0 saturated carbocycles. The molecule has 90 valence electrons. The molecule has 0 aliphatic rings. The minimum Gasteiger partial charge on any atom is -0.494 e. The van der Waals surface area contributed by atoms with E-state index in [9.17, 15) is 4.79 Å². The van der Waals surface area contributed by atoms with Gasteiger partial charge in [0.1, 0.15) is 5.76 Å². The molecule has 0 spiro atoms. The maximum absolute atomic E-state index is 10.6. The smallest absolute Gasteiger partial charge is 0.332 e. The Bertz CT molecular complexity index is 430. The van der Waals surface area contributed by atoms with Gasteiger partial charge in [0.05, 0.1) is 12.7 Å². The molecule has 1 aromatic carbocycles. The summed E-state index contributed by atoms with van der Waals surface area (Å²) in [5.41, 5.74) is 2.01. The van der Waals surface area contributed by atoms with Crippen molar-refractivity contribution < 1.29 is 14.6 Å². The number of carboxylic acid groups (broad SMARTS) is 1. The Morgan fingerprint density at radius 1 is 1.29 bits per heavy atom. The van der Waals surface area contributed by atoms with E-state index in [0.29, 0.717) is 12.4 Å². The molecule has 0 unspecified atom stereocenters. The molecule has 0 fully saturated rings. The Balaban J connectivity index is 2.95. The predicted molar refractivity (Wildman–Crippen MR) is 67.4 cm³/mol. The summed E-state index contributed by atoms with van der Waals surface area (Å²) in [5.74, 6) is -0.646. The summed E-state index contributed by atoms with van der Waals surface area (Å²) in [6.07, 6.45) is 2.79. The van der Waals surface area contributed by atoms with Gasteiger partial charge in [0.2, 0.25) is 0 Å². The van der Waals surface area contributed by atoms with E-state index < -0.39 is 5.97 Å². The van der Waals surface area contributed by atoms with Crippen LogP contribution in [0.4, 0.5) is 0 Å². The summed E-state index contributed by atoms with van der Waals surface area (Å²) < 4.78 is 5.25. The van der Waals surface area contributed by atoms with Crippen LogP contribution in [-0.4, -0.2) is 17.7 Å². The molecule has 1 aromatic rings. The van der Waals surface area contributed by atoms with Gasteiger partial charge < -0.3 is 9.84 Å². The highest BCUT2D eigenvalue weighted by Gasteiger charge is 2.00. The standard InChI is InChI=1S/C14H16O3/c1-3-17-13(10-14(15)16)9-11(2)12-7-5-4-6-8-12/h4-10H,3H2,1-2H3,(H,15,16). The average molecular weight is 232 g/mol. The minimum atomic E-state index is -1.01. The summed E-state index contributed by atoms with van der Waals surface area (Å²) in [6.45, 7) is 4.18. The van der Waals surface area contributed by atoms with Crippen LogP contribution in [0, 0.1) is 0 Å². The van der Waals surface area contributed by atoms with Gasteiger partial charge in [0.25, 0.3) is 0 Å². The molecular formula is C14H16O3. The number of rotatable bonds is 5. The fourth-order valence-corrected chi connectivity index (χ4v) is 1.41. The maximum atomic E-state index is 10.6. The lowest BCUT2D eigenvalue weighted by Gasteiger charge is -2.05. The van der Waals surface area contributed by atoms with Gasteiger partial charge in [0.15, 0.2) is 0 Å². The zero-order valence-electron chi connectivity index (χ0n) is 10.0. The van der Waals surface area contributed by atoms with E-state index in [2.05, 4.69) is 0 Å². The van der Waals surface area contributed by atoms with E-state index >= 15 is 0 Å². The van der Waals surface area contributed by atoms with Gasteiger partial charge in [-0.2, -0.15) is 0 Å². The Morgan fingerprint density at radius 2 is 1.94 bits per heavy atom. The van der Waals surface area contributed by atoms with Crippen molar-refractivity contribution in [1.29, 1.82) is 0 Å². The van der Waals surface area contributed by atoms with Gasteiger partial charge in [-0.3, -0.25) is 0 Å². The van der Waals surface area contributed by atoms with Gasteiger partial charge in [-0.1, -0.05) is 30.3 Å². The zero-order valence-corrected chi connectivity index (χ0v) is 10.0. The molecule has 3 nitrogen and oxygen atoms in total. The van der Waals surface area contributed by atoms with Crippen molar-refractivity contribution in [2.24, 2.45) is 0 Å². The van der Waals surface area contributed by atoms with Crippen LogP contribution in [0.25, 0.3) is 5.57 Å². The Kier molecular flexibility index (Phi) is 5.01. The third-order valence-electron chi connectivity index (χ3n) is 2.16. The summed E-state index contributed by atoms with van der Waals surface area (Å²) in [5, 5.41) is 8.71. The SMILES string of the molecule is CCOC(=CC(=O)O)C=C(C)c1ccccc1. The fourth-order valence-electron chi connectivity index (χ4n) is 1.41. The van der Waals surface area contributed by atoms with Crippen LogP contribution >= 0.6 is 0 Å². The van der Waals surface area contributed by atoms with Crippen LogP contribution in [0.3, 0.4) is 0 Å². The maximum Gasteiger partial charge on any atom is 0.332 e. The molecule has 0 aliphatic carbocycles. The minimum absolute atomic E-state index is 0.362. The first-order chi connectivity index (χ1) is 8.13. The molecule has 0 amide bonds. The van der Waals surface area contributed by atoms with Gasteiger partial charge in [-0.05, 0) is 31.1 Å². The lowest BCUT2D eigenvalue weighted by Crippen LogP contribution is -1.96. The monoisotopic (exact) mass is 232 g/mol. The van der Waals surface area contributed by atoms with Crippen LogP contribution in [0.2, 0.25) is 0 Å². The summed E-state index contributed by atoms with van der Waals surface area (Å²) in [4.78, 5) is 10.6. The molecule has 0 saturated heterocycles. The molecule has 3 heteroatoms. The molecule has 1 rings (SSSR count). The van der Waals surface area contributed by atoms with E-state index in [1.807, 2.05) is 44.2 Å². The van der Waals surface area contributed by atoms with E-state index in [4.69, 9.17) is 9.84 Å². The highest BCUT2D eigenvalue weighted by atomic mass is 16.5. The number of benzene rings is 1. The third kappa shape index (κ3) is 4.55. The molecule has 17 heavy (non-hydrogen) atoms. The number of hydrogen-bond donors (Lipinski definition) is 1. The van der Waals surface area contributed by atoms with Gasteiger partial charge in [-0.25, -0.2) is 4.79 Å². The zero-order chi connectivity index (χ0) is 12.7. The van der Waals surface area contributed by atoms with Crippen LogP contribution in [0.5, 0.6) is 0 Å². The molecule has 1 N–H and O–H groups in total. The summed E-state index contributed by atoms with van der Waals surface area (Å²) in [7, 11) is 0. The van der Waals surface area contributed by atoms with Crippen LogP contribution in [0.15, 0.2) is 48.2 Å². The second kappa shape index (κ2) is 6.53. The molecule has 0 heterocycles. The number of carboxylic acids is 1. The van der Waals surface area contributed by atoms with E-state index in [1.54, 1.807) is 6.08 Å². The van der Waals surface area contributed by atoms with Crippen molar-refractivity contribution in [3.63, 3.8) is 0 Å². The fraction of sp³-hybridized carbons (Fsp3) is 0.214. The number of carbonyl (C=O) groups is 1. The average Bonchev–Trinajstić information content (AvgIpc) is 2.29. The van der Waals surface area contributed by atoms with Crippen LogP contribution < -0.4 is 0 Å². The van der Waals surface area contributed by atoms with Gasteiger partial charge in [-0.15, -0.1) is 0 Å². The number of hydrogen-bond acceptors (Lipinski definition) is 2. The molecule has 0 aromatic heterocycles. The van der Waals surface area contributed by atoms with Crippen LogP contribution in [-0.2, 0) is 9.53 Å². The number of ether oxygens (including phenoxy) is 1. The highest BCUT2D eigenvalue weighted by molar-refractivity contribution is 5.81. The Hall–Kier alpha value is -2.03. The lowest BCUT2D eigenvalue weighted by atomic mass is 10.1. The normalized spacial score (nSPS) is 12.4. The van der Waals surface area contributed by atoms with E-state index in [0.717, 1.165) is 17.2 Å². The van der Waals surface area contributed by atoms with E-state index in [1.165, 1.54) is 0 Å². The first-order valence-electron chi connectivity index (χ1n) is 5.44. The largest absolute Gasteiger partial charge is 0.494 e. The topological polar surface area (TPSA) is 46.5 Å². The second-order valence-corrected chi connectivity index (χ2v) is 3.51. The van der Waals surface area contributed by atoms with Crippen molar-refractivity contribution in [3.8, 4) is 0 Å². The Morgan fingerprint density at radius 3 is 2.47 bits per heavy atom. The summed E-state index contributed by atoms with van der Waals surface area (Å²) >= 11 is 0. The second-order valence-electron chi connectivity index (χ2n) is 3.51. The molecule has 0 bridgehead atoms. The first-order valence-corrected chi connectivity index (χ1v) is 5.44. The van der Waals surface area contributed by atoms with Crippen LogP contribution in [0.1, 0.15) is 19.4 Å². The van der Waals surface area contributed by atoms with Gasteiger partial charge >= 0.3 is 5.97 Å².